The molecule has 0 saturated carbocycles. The van der Waals surface area contributed by atoms with E-state index in [0.717, 1.165) is 88.7 Å². The van der Waals surface area contributed by atoms with E-state index in [9.17, 15) is 5.26 Å². The molecule has 0 aliphatic carbocycles. The molecule has 11 nitrogen and oxygen atoms in total. The van der Waals surface area contributed by atoms with E-state index in [4.69, 9.17) is 44.9 Å². The maximum Gasteiger partial charge on any atom is 0.166 e. The summed E-state index contributed by atoms with van der Waals surface area (Å²) in [4.78, 5) is 46.4. The fraction of sp³-hybridized carbons (Fsp3) is 0. The van der Waals surface area contributed by atoms with Crippen molar-refractivity contribution in [1.29, 1.82) is 5.26 Å². The molecule has 0 bridgehead atoms. The zero-order chi connectivity index (χ0) is 54.1. The fourth-order valence-corrected chi connectivity index (χ4v) is 10.2. The number of hydrogen-bond acceptors (Lipinski definition) is 10. The largest absolute Gasteiger partial charge is 0.308 e. The molecule has 14 aromatic rings. The van der Waals surface area contributed by atoms with Crippen LogP contribution in [0.25, 0.3) is 141 Å². The summed E-state index contributed by atoms with van der Waals surface area (Å²) in [5, 5.41) is 11.9. The molecule has 10 aromatic carbocycles. The summed E-state index contributed by atoms with van der Waals surface area (Å²) in [7, 11) is 0. The Balaban J connectivity index is 1.04. The van der Waals surface area contributed by atoms with Crippen molar-refractivity contribution in [2.24, 2.45) is 0 Å². The molecule has 11 heteroatoms. The van der Waals surface area contributed by atoms with E-state index < -0.39 is 0 Å². The van der Waals surface area contributed by atoms with E-state index in [2.05, 4.69) is 65.2 Å². The van der Waals surface area contributed by atoms with Crippen LogP contribution in [0.15, 0.2) is 261 Å². The molecule has 14 rings (SSSR count). The molecule has 4 heterocycles. The molecule has 4 aromatic heterocycles. The van der Waals surface area contributed by atoms with E-state index in [0.29, 0.717) is 58.0 Å². The lowest BCUT2D eigenvalue weighted by molar-refractivity contribution is 1.06. The van der Waals surface area contributed by atoms with Crippen molar-refractivity contribution in [1.82, 2.24) is 49.4 Å². The monoisotopic (exact) mass is 1040 g/mol. The van der Waals surface area contributed by atoms with Crippen molar-refractivity contribution in [2.75, 3.05) is 0 Å². The van der Waals surface area contributed by atoms with Gasteiger partial charge >= 0.3 is 0 Å². The van der Waals surface area contributed by atoms with Crippen LogP contribution >= 0.6 is 0 Å². The zero-order valence-corrected chi connectivity index (χ0v) is 43.2. The first-order chi connectivity index (χ1) is 40.1. The minimum atomic E-state index is 0.471. The highest BCUT2D eigenvalue weighted by Gasteiger charge is 2.23. The standard InChI is InChI=1S/C70H43N11/c71-44-45-20-19-33-52(40-45)53-34-37-61(58(41-53)70-79-66(50-29-15-5-16-30-50)74-67(80-70)51-31-17-6-18-32-51)81-59-38-35-54(68-75-62(46-21-7-1-8-22-46)72-63(76-68)47-23-9-2-10-24-47)42-56(59)57-43-55(36-39-60(57)81)69-77-64(48-25-11-3-12-26-48)73-65(78-69)49-27-13-4-14-28-49/h1-43H. The molecule has 0 unspecified atom stereocenters. The summed E-state index contributed by atoms with van der Waals surface area (Å²) in [5.74, 6) is 4.84. The highest BCUT2D eigenvalue weighted by molar-refractivity contribution is 6.12. The molecular formula is C70H43N11. The van der Waals surface area contributed by atoms with Crippen molar-refractivity contribution in [3.8, 4) is 125 Å². The molecule has 0 spiro atoms. The molecule has 0 atom stereocenters. The van der Waals surface area contributed by atoms with E-state index in [-0.39, 0.29) is 0 Å². The molecule has 0 aliphatic rings. The lowest BCUT2D eigenvalue weighted by atomic mass is 9.99. The predicted molar refractivity (Wildman–Crippen MR) is 320 cm³/mol. The van der Waals surface area contributed by atoms with Crippen LogP contribution in [0.3, 0.4) is 0 Å². The Kier molecular flexibility index (Phi) is 12.3. The molecule has 81 heavy (non-hydrogen) atoms. The van der Waals surface area contributed by atoms with Gasteiger partial charge < -0.3 is 4.57 Å². The minimum Gasteiger partial charge on any atom is -0.308 e. The second-order valence-corrected chi connectivity index (χ2v) is 19.3. The van der Waals surface area contributed by atoms with Crippen molar-refractivity contribution in [3.63, 3.8) is 0 Å². The summed E-state index contributed by atoms with van der Waals surface area (Å²) in [6, 6.07) is 89.0. The van der Waals surface area contributed by atoms with Gasteiger partial charge in [0.25, 0.3) is 0 Å². The average molecular weight is 1040 g/mol. The van der Waals surface area contributed by atoms with Gasteiger partial charge in [0.15, 0.2) is 52.4 Å². The zero-order valence-electron chi connectivity index (χ0n) is 43.2. The van der Waals surface area contributed by atoms with Crippen LogP contribution in [-0.2, 0) is 0 Å². The first kappa shape index (κ1) is 47.9. The summed E-state index contributed by atoms with van der Waals surface area (Å²) in [6.07, 6.45) is 0. The van der Waals surface area contributed by atoms with Crippen LogP contribution in [0.4, 0.5) is 0 Å². The molecule has 0 fully saturated rings. The normalized spacial score (nSPS) is 11.2. The molecular weight excluding hydrogens is 995 g/mol. The van der Waals surface area contributed by atoms with Crippen LogP contribution in [0.5, 0.6) is 0 Å². The number of fused-ring (bicyclic) bond motifs is 3. The molecule has 378 valence electrons. The molecule has 0 amide bonds. The summed E-state index contributed by atoms with van der Waals surface area (Å²) in [5.41, 5.74) is 12.5. The lowest BCUT2D eigenvalue weighted by Gasteiger charge is -2.16. The van der Waals surface area contributed by atoms with Crippen LogP contribution in [-0.4, -0.2) is 49.4 Å². The van der Waals surface area contributed by atoms with Gasteiger partial charge in [-0.05, 0) is 71.8 Å². The summed E-state index contributed by atoms with van der Waals surface area (Å²) < 4.78 is 2.27. The van der Waals surface area contributed by atoms with Crippen LogP contribution in [0.1, 0.15) is 5.56 Å². The number of aromatic nitrogens is 10. The maximum atomic E-state index is 10.0. The number of benzene rings is 10. The van der Waals surface area contributed by atoms with Gasteiger partial charge in [0.1, 0.15) is 0 Å². The van der Waals surface area contributed by atoms with Gasteiger partial charge in [0.05, 0.1) is 28.4 Å². The summed E-state index contributed by atoms with van der Waals surface area (Å²) >= 11 is 0. The second-order valence-electron chi connectivity index (χ2n) is 19.3. The Labute approximate surface area is 466 Å². The van der Waals surface area contributed by atoms with E-state index >= 15 is 0 Å². The number of nitriles is 1. The molecule has 0 aliphatic heterocycles. The van der Waals surface area contributed by atoms with Crippen LogP contribution in [0.2, 0.25) is 0 Å². The van der Waals surface area contributed by atoms with Gasteiger partial charge in [-0.2, -0.15) is 5.26 Å². The van der Waals surface area contributed by atoms with E-state index in [1.165, 1.54) is 0 Å². The third-order valence-corrected chi connectivity index (χ3v) is 14.2. The highest BCUT2D eigenvalue weighted by Crippen LogP contribution is 2.41. The van der Waals surface area contributed by atoms with Gasteiger partial charge in [0.2, 0.25) is 0 Å². The van der Waals surface area contributed by atoms with Gasteiger partial charge in [-0.3, -0.25) is 0 Å². The SMILES string of the molecule is N#Cc1cccc(-c2ccc(-n3c4ccc(-c5nc(-c6ccccc6)nc(-c6ccccc6)n5)cc4c4cc(-c5nc(-c6ccccc6)nc(-c6ccccc6)n5)ccc43)c(-c3nc(-c4ccccc4)nc(-c4ccccc4)n3)c2)c1. The second kappa shape index (κ2) is 20.8. The van der Waals surface area contributed by atoms with Crippen LogP contribution in [0, 0.1) is 11.3 Å². The predicted octanol–water partition coefficient (Wildman–Crippen LogP) is 15.9. The maximum absolute atomic E-state index is 10.0. The molecule has 0 N–H and O–H groups in total. The Morgan fingerprint density at radius 1 is 0.247 bits per heavy atom. The Hall–Kier alpha value is -11.5. The number of hydrogen-bond donors (Lipinski definition) is 0. The Morgan fingerprint density at radius 3 is 0.889 bits per heavy atom. The molecule has 0 saturated heterocycles. The average Bonchev–Trinajstić information content (AvgIpc) is 4.02. The van der Waals surface area contributed by atoms with Gasteiger partial charge in [0, 0.05) is 60.8 Å². The van der Waals surface area contributed by atoms with Crippen molar-refractivity contribution < 1.29 is 0 Å². The number of nitrogens with zero attached hydrogens (tertiary/aromatic N) is 11. The van der Waals surface area contributed by atoms with E-state index in [1.807, 2.05) is 206 Å². The van der Waals surface area contributed by atoms with Gasteiger partial charge in [-0.25, -0.2) is 44.9 Å². The van der Waals surface area contributed by atoms with E-state index in [1.54, 1.807) is 0 Å². The quantitative estimate of drug-likeness (QED) is 0.123. The smallest absolute Gasteiger partial charge is 0.166 e. The van der Waals surface area contributed by atoms with Gasteiger partial charge in [-0.1, -0.05) is 200 Å². The Bertz CT molecular complexity index is 4330. The summed E-state index contributed by atoms with van der Waals surface area (Å²) in [6.45, 7) is 0. The van der Waals surface area contributed by atoms with Gasteiger partial charge in [-0.15, -0.1) is 0 Å². The van der Waals surface area contributed by atoms with Crippen LogP contribution < -0.4 is 0 Å². The third-order valence-electron chi connectivity index (χ3n) is 14.2. The lowest BCUT2D eigenvalue weighted by Crippen LogP contribution is -2.04. The minimum absolute atomic E-state index is 0.471. The third kappa shape index (κ3) is 9.41. The first-order valence-electron chi connectivity index (χ1n) is 26.4. The van der Waals surface area contributed by atoms with Crippen molar-refractivity contribution in [3.05, 3.63) is 266 Å². The van der Waals surface area contributed by atoms with Crippen molar-refractivity contribution >= 4 is 21.8 Å². The number of rotatable bonds is 11. The molecule has 0 radical (unpaired) electrons. The Morgan fingerprint density at radius 2 is 0.543 bits per heavy atom. The topological polar surface area (TPSA) is 145 Å². The highest BCUT2D eigenvalue weighted by atomic mass is 15.1. The fourth-order valence-electron chi connectivity index (χ4n) is 10.2. The van der Waals surface area contributed by atoms with Crippen molar-refractivity contribution in [2.45, 2.75) is 0 Å². The first-order valence-corrected chi connectivity index (χ1v) is 26.4.